The molecule has 23 heavy (non-hydrogen) atoms. The number of allylic oxidation sites excluding steroid dienone is 2. The number of ether oxygens (including phenoxy) is 2. The molecule has 1 aliphatic heterocycles. The summed E-state index contributed by atoms with van der Waals surface area (Å²) in [6, 6.07) is 2.02. The fraction of sp³-hybridized carbons (Fsp3) is 0.588. The minimum atomic E-state index is -0.958. The van der Waals surface area contributed by atoms with Crippen molar-refractivity contribution in [2.24, 2.45) is 11.3 Å². The predicted octanol–water partition coefficient (Wildman–Crippen LogP) is 3.36. The molecule has 0 aromatic carbocycles. The van der Waals surface area contributed by atoms with E-state index < -0.39 is 29.0 Å². The van der Waals surface area contributed by atoms with Crippen LogP contribution in [0.1, 0.15) is 41.0 Å². The molecule has 126 valence electrons. The topological polar surface area (TPSA) is 79.6 Å². The number of hydrogen-bond donors (Lipinski definition) is 0. The third-order valence-corrected chi connectivity index (χ3v) is 3.50. The molecule has 1 amide bonds. The van der Waals surface area contributed by atoms with E-state index in [0.29, 0.717) is 6.42 Å². The van der Waals surface area contributed by atoms with Crippen LogP contribution >= 0.6 is 0 Å². The second-order valence-electron chi connectivity index (χ2n) is 6.30. The van der Waals surface area contributed by atoms with E-state index in [9.17, 15) is 14.9 Å². The number of amides is 1. The van der Waals surface area contributed by atoms with Crippen LogP contribution in [0.2, 0.25) is 0 Å². The fourth-order valence-electron chi connectivity index (χ4n) is 2.23. The molecule has 0 aliphatic carbocycles. The highest BCUT2D eigenvalue weighted by molar-refractivity contribution is 5.78. The van der Waals surface area contributed by atoms with E-state index >= 15 is 0 Å². The molecule has 1 atom stereocenters. The SMILES string of the molecule is CCOC(=O)C(C#N)C1(CC)C=CN(C(=O)OC(C)(C)C)C=C1. The lowest BCUT2D eigenvalue weighted by molar-refractivity contribution is -0.148. The Morgan fingerprint density at radius 3 is 2.22 bits per heavy atom. The van der Waals surface area contributed by atoms with Gasteiger partial charge in [0.1, 0.15) is 5.60 Å². The first-order valence-electron chi connectivity index (χ1n) is 7.65. The van der Waals surface area contributed by atoms with Crippen molar-refractivity contribution in [1.29, 1.82) is 5.26 Å². The molecule has 0 aromatic rings. The van der Waals surface area contributed by atoms with E-state index in [1.807, 2.05) is 13.0 Å². The van der Waals surface area contributed by atoms with Gasteiger partial charge < -0.3 is 9.47 Å². The molecule has 1 rings (SSSR count). The summed E-state index contributed by atoms with van der Waals surface area (Å²) in [5.41, 5.74) is -1.39. The van der Waals surface area contributed by atoms with Gasteiger partial charge in [-0.2, -0.15) is 5.26 Å². The van der Waals surface area contributed by atoms with Gasteiger partial charge in [0.2, 0.25) is 0 Å². The van der Waals surface area contributed by atoms with Crippen molar-refractivity contribution >= 4 is 12.1 Å². The number of nitrogens with zero attached hydrogens (tertiary/aromatic N) is 2. The van der Waals surface area contributed by atoms with Crippen molar-refractivity contribution in [2.75, 3.05) is 6.61 Å². The summed E-state index contributed by atoms with van der Waals surface area (Å²) < 4.78 is 10.3. The van der Waals surface area contributed by atoms with Crippen molar-refractivity contribution in [1.82, 2.24) is 4.90 Å². The Hall–Kier alpha value is -2.29. The monoisotopic (exact) mass is 320 g/mol. The Balaban J connectivity index is 2.96. The predicted molar refractivity (Wildman–Crippen MR) is 84.8 cm³/mol. The molecule has 0 fully saturated rings. The van der Waals surface area contributed by atoms with Crippen LogP contribution in [0.15, 0.2) is 24.6 Å². The molecule has 0 radical (unpaired) electrons. The van der Waals surface area contributed by atoms with E-state index in [1.54, 1.807) is 39.8 Å². The van der Waals surface area contributed by atoms with Gasteiger partial charge >= 0.3 is 12.1 Å². The van der Waals surface area contributed by atoms with E-state index in [0.717, 1.165) is 0 Å². The average molecular weight is 320 g/mol. The Kier molecular flexibility index (Phi) is 5.97. The lowest BCUT2D eigenvalue weighted by Crippen LogP contribution is -2.37. The molecule has 1 unspecified atom stereocenters. The molecule has 1 heterocycles. The molecule has 0 N–H and O–H groups in total. The molecule has 0 spiro atoms. The summed E-state index contributed by atoms with van der Waals surface area (Å²) in [5, 5.41) is 9.38. The molecule has 1 aliphatic rings. The summed E-state index contributed by atoms with van der Waals surface area (Å²) in [6.45, 7) is 9.14. The normalized spacial score (nSPS) is 17.3. The number of carbonyl (C=O) groups is 2. The highest BCUT2D eigenvalue weighted by atomic mass is 16.6. The number of esters is 1. The molecule has 0 saturated carbocycles. The van der Waals surface area contributed by atoms with Crippen LogP contribution < -0.4 is 0 Å². The third kappa shape index (κ3) is 4.59. The van der Waals surface area contributed by atoms with Gasteiger partial charge in [-0.3, -0.25) is 9.69 Å². The quantitative estimate of drug-likeness (QED) is 0.742. The second kappa shape index (κ2) is 7.32. The van der Waals surface area contributed by atoms with Gasteiger partial charge in [0, 0.05) is 17.8 Å². The standard InChI is InChI=1S/C17H24N2O4/c1-6-17(13(12-18)14(20)22-7-2)8-10-19(11-9-17)15(21)23-16(3,4)5/h8-11,13H,6-7H2,1-5H3. The van der Waals surface area contributed by atoms with Crippen molar-refractivity contribution < 1.29 is 19.1 Å². The maximum atomic E-state index is 12.0. The van der Waals surface area contributed by atoms with Crippen LogP contribution in [-0.2, 0) is 14.3 Å². The highest BCUT2D eigenvalue weighted by Gasteiger charge is 2.41. The maximum absolute atomic E-state index is 12.0. The first-order valence-corrected chi connectivity index (χ1v) is 7.65. The first-order chi connectivity index (χ1) is 10.7. The van der Waals surface area contributed by atoms with Crippen molar-refractivity contribution in [2.45, 2.75) is 46.6 Å². The zero-order chi connectivity index (χ0) is 17.7. The van der Waals surface area contributed by atoms with Crippen LogP contribution in [-0.4, -0.2) is 29.2 Å². The summed E-state index contributed by atoms with van der Waals surface area (Å²) >= 11 is 0. The van der Waals surface area contributed by atoms with Gasteiger partial charge in [-0.1, -0.05) is 19.1 Å². The molecule has 0 aromatic heterocycles. The molecule has 0 bridgehead atoms. The van der Waals surface area contributed by atoms with Gasteiger partial charge in [0.15, 0.2) is 5.92 Å². The summed E-state index contributed by atoms with van der Waals surface area (Å²) in [5.74, 6) is -1.52. The number of carbonyl (C=O) groups excluding carboxylic acids is 2. The fourth-order valence-corrected chi connectivity index (χ4v) is 2.23. The smallest absolute Gasteiger partial charge is 0.418 e. The zero-order valence-electron chi connectivity index (χ0n) is 14.3. The third-order valence-electron chi connectivity index (χ3n) is 3.50. The Labute approximate surface area is 137 Å². The van der Waals surface area contributed by atoms with Crippen LogP contribution in [0.5, 0.6) is 0 Å². The molecule has 6 nitrogen and oxygen atoms in total. The summed E-state index contributed by atoms with van der Waals surface area (Å²) in [7, 11) is 0. The first kappa shape index (κ1) is 18.8. The molecule has 0 saturated heterocycles. The summed E-state index contributed by atoms with van der Waals surface area (Å²) in [6.07, 6.45) is 6.43. The largest absolute Gasteiger partial charge is 0.465 e. The Bertz CT molecular complexity index is 538. The number of hydrogen-bond acceptors (Lipinski definition) is 5. The maximum Gasteiger partial charge on any atom is 0.418 e. The lowest BCUT2D eigenvalue weighted by atomic mass is 9.73. The number of rotatable bonds is 4. The lowest BCUT2D eigenvalue weighted by Gasteiger charge is -2.33. The Morgan fingerprint density at radius 2 is 1.83 bits per heavy atom. The van der Waals surface area contributed by atoms with Gasteiger partial charge in [0.25, 0.3) is 0 Å². The summed E-state index contributed by atoms with van der Waals surface area (Å²) in [4.78, 5) is 25.3. The minimum absolute atomic E-state index is 0.217. The van der Waals surface area contributed by atoms with E-state index in [2.05, 4.69) is 0 Å². The van der Waals surface area contributed by atoms with E-state index in [4.69, 9.17) is 9.47 Å². The van der Waals surface area contributed by atoms with Crippen molar-refractivity contribution in [3.8, 4) is 6.07 Å². The number of nitriles is 1. The van der Waals surface area contributed by atoms with E-state index in [-0.39, 0.29) is 6.61 Å². The second-order valence-corrected chi connectivity index (χ2v) is 6.30. The zero-order valence-corrected chi connectivity index (χ0v) is 14.3. The van der Waals surface area contributed by atoms with Crippen molar-refractivity contribution in [3.05, 3.63) is 24.6 Å². The van der Waals surface area contributed by atoms with Gasteiger partial charge in [0.05, 0.1) is 12.7 Å². The van der Waals surface area contributed by atoms with Crippen LogP contribution in [0, 0.1) is 22.7 Å². The van der Waals surface area contributed by atoms with Crippen LogP contribution in [0.4, 0.5) is 4.79 Å². The molecular formula is C17H24N2O4. The van der Waals surface area contributed by atoms with Crippen LogP contribution in [0.25, 0.3) is 0 Å². The molecule has 6 heteroatoms. The van der Waals surface area contributed by atoms with Gasteiger partial charge in [-0.05, 0) is 34.1 Å². The molecular weight excluding hydrogens is 296 g/mol. The average Bonchev–Trinajstić information content (AvgIpc) is 2.47. The highest BCUT2D eigenvalue weighted by Crippen LogP contribution is 2.38. The van der Waals surface area contributed by atoms with E-state index in [1.165, 1.54) is 17.3 Å². The van der Waals surface area contributed by atoms with Crippen molar-refractivity contribution in [3.63, 3.8) is 0 Å². The minimum Gasteiger partial charge on any atom is -0.465 e. The van der Waals surface area contributed by atoms with Gasteiger partial charge in [-0.15, -0.1) is 0 Å². The van der Waals surface area contributed by atoms with Crippen LogP contribution in [0.3, 0.4) is 0 Å². The van der Waals surface area contributed by atoms with Gasteiger partial charge in [-0.25, -0.2) is 4.79 Å². The Morgan fingerprint density at radius 1 is 1.26 bits per heavy atom.